The van der Waals surface area contributed by atoms with Crippen LogP contribution in [0.1, 0.15) is 59.8 Å². The molecule has 0 aliphatic heterocycles. The van der Waals surface area contributed by atoms with Gasteiger partial charge in [0.15, 0.2) is 0 Å². The maximum atomic E-state index is 3.68. The molecule has 108 valence electrons. The molecule has 0 spiro atoms. The van der Waals surface area contributed by atoms with Crippen LogP contribution in [0.15, 0.2) is 0 Å². The highest BCUT2D eigenvalue weighted by molar-refractivity contribution is 4.89. The normalized spacial score (nSPS) is 29.2. The van der Waals surface area contributed by atoms with Gasteiger partial charge in [0.1, 0.15) is 0 Å². The quantitative estimate of drug-likeness (QED) is 0.699. The summed E-state index contributed by atoms with van der Waals surface area (Å²) in [4.78, 5) is 2.53. The van der Waals surface area contributed by atoms with Gasteiger partial charge in [-0.05, 0) is 58.0 Å². The van der Waals surface area contributed by atoms with Crippen molar-refractivity contribution in [2.45, 2.75) is 65.8 Å². The van der Waals surface area contributed by atoms with Crippen LogP contribution in [0.5, 0.6) is 0 Å². The summed E-state index contributed by atoms with van der Waals surface area (Å²) in [5.41, 5.74) is 0.528. The van der Waals surface area contributed by atoms with E-state index in [1.165, 1.54) is 51.7 Å². The Bertz CT molecular complexity index is 217. The zero-order chi connectivity index (χ0) is 13.6. The van der Waals surface area contributed by atoms with Crippen LogP contribution in [0.2, 0.25) is 0 Å². The van der Waals surface area contributed by atoms with Crippen molar-refractivity contribution in [3.8, 4) is 0 Å². The number of hydrogen-bond donors (Lipinski definition) is 1. The Morgan fingerprint density at radius 3 is 2.39 bits per heavy atom. The topological polar surface area (TPSA) is 15.3 Å². The Labute approximate surface area is 115 Å². The molecule has 2 heteroatoms. The number of nitrogens with zero attached hydrogens (tertiary/aromatic N) is 1. The van der Waals surface area contributed by atoms with E-state index in [2.05, 4.69) is 45.0 Å². The van der Waals surface area contributed by atoms with Gasteiger partial charge in [-0.2, -0.15) is 0 Å². The van der Waals surface area contributed by atoms with Crippen LogP contribution in [-0.2, 0) is 0 Å². The van der Waals surface area contributed by atoms with Crippen LogP contribution in [0.4, 0.5) is 0 Å². The van der Waals surface area contributed by atoms with Crippen molar-refractivity contribution < 1.29 is 0 Å². The largest absolute Gasteiger partial charge is 0.316 e. The molecule has 0 aromatic carbocycles. The van der Waals surface area contributed by atoms with Crippen molar-refractivity contribution in [1.82, 2.24) is 10.2 Å². The number of nitrogens with one attached hydrogen (secondary N) is 1. The number of rotatable bonds is 7. The van der Waals surface area contributed by atoms with Gasteiger partial charge in [0.25, 0.3) is 0 Å². The van der Waals surface area contributed by atoms with E-state index in [1.807, 2.05) is 0 Å². The van der Waals surface area contributed by atoms with Crippen molar-refractivity contribution >= 4 is 0 Å². The third-order valence-corrected chi connectivity index (χ3v) is 4.73. The molecule has 0 unspecified atom stereocenters. The van der Waals surface area contributed by atoms with Gasteiger partial charge in [0, 0.05) is 19.1 Å². The molecule has 0 saturated heterocycles. The highest BCUT2D eigenvalue weighted by Gasteiger charge is 2.35. The molecule has 1 fully saturated rings. The van der Waals surface area contributed by atoms with E-state index in [0.29, 0.717) is 11.5 Å². The molecule has 1 aliphatic carbocycles. The van der Waals surface area contributed by atoms with Gasteiger partial charge in [-0.3, -0.25) is 0 Å². The molecular weight excluding hydrogens is 220 g/mol. The molecular formula is C16H34N2. The third-order valence-electron chi connectivity index (χ3n) is 4.73. The first kappa shape index (κ1) is 16.0. The minimum Gasteiger partial charge on any atom is -0.316 e. The van der Waals surface area contributed by atoms with Crippen LogP contribution >= 0.6 is 0 Å². The minimum atomic E-state index is 0.528. The maximum absolute atomic E-state index is 3.68. The summed E-state index contributed by atoms with van der Waals surface area (Å²) in [5.74, 6) is 0.939. The second kappa shape index (κ2) is 7.49. The second-order valence-corrected chi connectivity index (χ2v) is 6.87. The Balaban J connectivity index is 2.56. The molecule has 0 atom stereocenters. The van der Waals surface area contributed by atoms with Crippen molar-refractivity contribution in [1.29, 1.82) is 0 Å². The molecule has 0 aromatic rings. The molecule has 1 aliphatic rings. The van der Waals surface area contributed by atoms with E-state index in [-0.39, 0.29) is 0 Å². The predicted octanol–water partition coefficient (Wildman–Crippen LogP) is 3.52. The molecule has 18 heavy (non-hydrogen) atoms. The van der Waals surface area contributed by atoms with Crippen LogP contribution in [0, 0.1) is 11.3 Å². The van der Waals surface area contributed by atoms with E-state index in [9.17, 15) is 0 Å². The SMILES string of the molecule is CCCNCC1(CN(C)C(C)C)CCC(C)CC1. The highest BCUT2D eigenvalue weighted by atomic mass is 15.1. The summed E-state index contributed by atoms with van der Waals surface area (Å²) in [6, 6.07) is 0.660. The summed E-state index contributed by atoms with van der Waals surface area (Å²) >= 11 is 0. The molecule has 1 rings (SSSR count). The zero-order valence-electron chi connectivity index (χ0n) is 13.3. The summed E-state index contributed by atoms with van der Waals surface area (Å²) in [6.45, 7) is 12.9. The van der Waals surface area contributed by atoms with Gasteiger partial charge >= 0.3 is 0 Å². The van der Waals surface area contributed by atoms with E-state index in [1.54, 1.807) is 0 Å². The fourth-order valence-corrected chi connectivity index (χ4v) is 3.01. The van der Waals surface area contributed by atoms with Crippen molar-refractivity contribution in [3.05, 3.63) is 0 Å². The van der Waals surface area contributed by atoms with E-state index >= 15 is 0 Å². The van der Waals surface area contributed by atoms with Crippen LogP contribution in [-0.4, -0.2) is 37.6 Å². The lowest BCUT2D eigenvalue weighted by molar-refractivity contribution is 0.0858. The van der Waals surface area contributed by atoms with Gasteiger partial charge in [-0.1, -0.05) is 26.7 Å². The van der Waals surface area contributed by atoms with E-state index in [0.717, 1.165) is 5.92 Å². The summed E-state index contributed by atoms with van der Waals surface area (Å²) in [7, 11) is 2.28. The summed E-state index contributed by atoms with van der Waals surface area (Å²) in [6.07, 6.45) is 6.88. The fraction of sp³-hybridized carbons (Fsp3) is 1.00. The zero-order valence-corrected chi connectivity index (χ0v) is 13.3. The lowest BCUT2D eigenvalue weighted by Gasteiger charge is -2.43. The summed E-state index contributed by atoms with van der Waals surface area (Å²) < 4.78 is 0. The lowest BCUT2D eigenvalue weighted by atomic mass is 9.70. The number of hydrogen-bond acceptors (Lipinski definition) is 2. The Morgan fingerprint density at radius 1 is 1.28 bits per heavy atom. The van der Waals surface area contributed by atoms with E-state index in [4.69, 9.17) is 0 Å². The summed E-state index contributed by atoms with van der Waals surface area (Å²) in [5, 5.41) is 3.68. The first-order chi connectivity index (χ1) is 8.49. The molecule has 1 saturated carbocycles. The fourth-order valence-electron chi connectivity index (χ4n) is 3.01. The van der Waals surface area contributed by atoms with Gasteiger partial charge in [-0.15, -0.1) is 0 Å². The molecule has 0 aromatic heterocycles. The molecule has 0 amide bonds. The standard InChI is InChI=1S/C16H34N2/c1-6-11-17-12-16(13-18(5)14(2)3)9-7-15(4)8-10-16/h14-15,17H,6-13H2,1-5H3. The smallest absolute Gasteiger partial charge is 0.00498 e. The minimum absolute atomic E-state index is 0.528. The van der Waals surface area contributed by atoms with Crippen LogP contribution in [0.3, 0.4) is 0 Å². The Morgan fingerprint density at radius 2 is 1.89 bits per heavy atom. The van der Waals surface area contributed by atoms with Gasteiger partial charge in [0.2, 0.25) is 0 Å². The second-order valence-electron chi connectivity index (χ2n) is 6.87. The molecule has 0 heterocycles. The molecule has 0 bridgehead atoms. The van der Waals surface area contributed by atoms with Crippen molar-refractivity contribution in [2.75, 3.05) is 26.7 Å². The highest BCUT2D eigenvalue weighted by Crippen LogP contribution is 2.39. The third kappa shape index (κ3) is 4.89. The first-order valence-electron chi connectivity index (χ1n) is 7.90. The Kier molecular flexibility index (Phi) is 6.65. The van der Waals surface area contributed by atoms with Crippen molar-refractivity contribution in [3.63, 3.8) is 0 Å². The van der Waals surface area contributed by atoms with Gasteiger partial charge in [0.05, 0.1) is 0 Å². The molecule has 2 nitrogen and oxygen atoms in total. The van der Waals surface area contributed by atoms with Crippen molar-refractivity contribution in [2.24, 2.45) is 11.3 Å². The maximum Gasteiger partial charge on any atom is 0.00498 e. The van der Waals surface area contributed by atoms with E-state index < -0.39 is 0 Å². The van der Waals surface area contributed by atoms with Gasteiger partial charge in [-0.25, -0.2) is 0 Å². The predicted molar refractivity (Wildman–Crippen MR) is 81.0 cm³/mol. The lowest BCUT2D eigenvalue weighted by Crippen LogP contribution is -2.46. The molecule has 1 N–H and O–H groups in total. The molecule has 0 radical (unpaired) electrons. The average molecular weight is 254 g/mol. The van der Waals surface area contributed by atoms with Crippen LogP contribution in [0.25, 0.3) is 0 Å². The van der Waals surface area contributed by atoms with Gasteiger partial charge < -0.3 is 10.2 Å². The monoisotopic (exact) mass is 254 g/mol. The van der Waals surface area contributed by atoms with Crippen LogP contribution < -0.4 is 5.32 Å². The average Bonchev–Trinajstić information content (AvgIpc) is 2.33. The first-order valence-corrected chi connectivity index (χ1v) is 7.90. The Hall–Kier alpha value is -0.0800.